The first-order valence-electron chi connectivity index (χ1n) is 5.11. The van der Waals surface area contributed by atoms with Gasteiger partial charge in [0.2, 0.25) is 0 Å². The number of hydrogen-bond donors (Lipinski definition) is 0. The Balaban J connectivity index is 3.54. The molecule has 0 saturated heterocycles. The number of phosphoric acid groups is 1. The summed E-state index contributed by atoms with van der Waals surface area (Å²) >= 11 is 0. The lowest BCUT2D eigenvalue weighted by Crippen LogP contribution is -2.17. The van der Waals surface area contributed by atoms with Crippen molar-refractivity contribution in [3.05, 3.63) is 11.6 Å². The van der Waals surface area contributed by atoms with Crippen LogP contribution in [-0.2, 0) is 9.09 Å². The summed E-state index contributed by atoms with van der Waals surface area (Å²) < 4.78 is 14.3. The Morgan fingerprint density at radius 3 is 2.47 bits per heavy atom. The normalized spacial score (nSPS) is 13.7. The van der Waals surface area contributed by atoms with Gasteiger partial charge in [-0.2, -0.15) is 0 Å². The minimum Gasteiger partial charge on any atom is -0.790 e. The van der Waals surface area contributed by atoms with Crippen LogP contribution in [0.25, 0.3) is 0 Å². The van der Waals surface area contributed by atoms with Gasteiger partial charge >= 0.3 is 0 Å². The van der Waals surface area contributed by atoms with Gasteiger partial charge in [0.15, 0.2) is 0 Å². The van der Waals surface area contributed by atoms with Crippen LogP contribution in [0.15, 0.2) is 11.6 Å². The molecule has 0 fully saturated rings. The standard InChI is InChI=1S/C10H21O4P/c1-9(2)5-4-6-10(3)7-8-14-15(11,12)13/h5,10H,4,6-8H2,1-3H3,(H2,11,12,13)/p-2/t10-/m0/s1. The molecule has 0 bridgehead atoms. The third-order valence-corrected chi connectivity index (χ3v) is 2.57. The van der Waals surface area contributed by atoms with E-state index in [0.29, 0.717) is 12.3 Å². The number of allylic oxidation sites excluding steroid dienone is 2. The van der Waals surface area contributed by atoms with E-state index >= 15 is 0 Å². The van der Waals surface area contributed by atoms with E-state index in [4.69, 9.17) is 0 Å². The van der Waals surface area contributed by atoms with Crippen molar-refractivity contribution < 1.29 is 18.9 Å². The van der Waals surface area contributed by atoms with Gasteiger partial charge in [0, 0.05) is 0 Å². The molecular formula is C10H19O4P-2. The van der Waals surface area contributed by atoms with Crippen LogP contribution >= 0.6 is 7.82 Å². The molecule has 0 unspecified atom stereocenters. The maximum atomic E-state index is 10.2. The fourth-order valence-electron chi connectivity index (χ4n) is 1.17. The monoisotopic (exact) mass is 234 g/mol. The van der Waals surface area contributed by atoms with E-state index in [1.54, 1.807) is 0 Å². The summed E-state index contributed by atoms with van der Waals surface area (Å²) in [6, 6.07) is 0. The van der Waals surface area contributed by atoms with E-state index in [1.165, 1.54) is 5.57 Å². The van der Waals surface area contributed by atoms with Gasteiger partial charge in [-0.1, -0.05) is 18.6 Å². The molecule has 0 spiro atoms. The molecule has 4 nitrogen and oxygen atoms in total. The topological polar surface area (TPSA) is 72.4 Å². The van der Waals surface area contributed by atoms with Crippen molar-refractivity contribution in [2.45, 2.75) is 40.0 Å². The maximum Gasteiger partial charge on any atom is 0.0596 e. The Morgan fingerprint density at radius 2 is 2.00 bits per heavy atom. The van der Waals surface area contributed by atoms with Gasteiger partial charge < -0.3 is 18.9 Å². The summed E-state index contributed by atoms with van der Waals surface area (Å²) in [5, 5.41) is 0. The second kappa shape index (κ2) is 7.18. The lowest BCUT2D eigenvalue weighted by atomic mass is 10.0. The molecular weight excluding hydrogens is 215 g/mol. The Labute approximate surface area is 91.6 Å². The van der Waals surface area contributed by atoms with E-state index in [-0.39, 0.29) is 6.61 Å². The molecule has 0 radical (unpaired) electrons. The van der Waals surface area contributed by atoms with E-state index in [0.717, 1.165) is 12.8 Å². The Bertz CT molecular complexity index is 240. The molecule has 90 valence electrons. The highest BCUT2D eigenvalue weighted by molar-refractivity contribution is 7.43. The molecule has 0 saturated carbocycles. The predicted octanol–water partition coefficient (Wildman–Crippen LogP) is 1.60. The van der Waals surface area contributed by atoms with Gasteiger partial charge in [-0.15, -0.1) is 0 Å². The zero-order valence-electron chi connectivity index (χ0n) is 9.56. The van der Waals surface area contributed by atoms with Crippen LogP contribution in [-0.4, -0.2) is 6.61 Å². The molecule has 0 amide bonds. The molecule has 0 aromatic heterocycles. The van der Waals surface area contributed by atoms with Crippen LogP contribution in [0.1, 0.15) is 40.0 Å². The second-order valence-electron chi connectivity index (χ2n) is 4.03. The quantitative estimate of drug-likeness (QED) is 0.495. The van der Waals surface area contributed by atoms with Crippen molar-refractivity contribution in [3.63, 3.8) is 0 Å². The van der Waals surface area contributed by atoms with Gasteiger partial charge in [-0.3, -0.25) is 0 Å². The van der Waals surface area contributed by atoms with Gasteiger partial charge in [-0.25, -0.2) is 0 Å². The van der Waals surface area contributed by atoms with Crippen LogP contribution < -0.4 is 9.79 Å². The summed E-state index contributed by atoms with van der Waals surface area (Å²) in [4.78, 5) is 20.3. The fraction of sp³-hybridized carbons (Fsp3) is 0.800. The molecule has 1 atom stereocenters. The summed E-state index contributed by atoms with van der Waals surface area (Å²) in [6.07, 6.45) is 4.71. The third-order valence-electron chi connectivity index (χ3n) is 2.07. The number of rotatable bonds is 7. The van der Waals surface area contributed by atoms with E-state index in [9.17, 15) is 14.4 Å². The summed E-state index contributed by atoms with van der Waals surface area (Å²) in [7, 11) is -4.78. The zero-order valence-corrected chi connectivity index (χ0v) is 10.5. The van der Waals surface area contributed by atoms with Crippen molar-refractivity contribution in [3.8, 4) is 0 Å². The highest BCUT2D eigenvalue weighted by Gasteiger charge is 2.01. The molecule has 0 aromatic carbocycles. The second-order valence-corrected chi connectivity index (χ2v) is 5.19. The van der Waals surface area contributed by atoms with Crippen molar-refractivity contribution >= 4 is 7.82 Å². The lowest BCUT2D eigenvalue weighted by molar-refractivity contribution is -0.341. The predicted molar refractivity (Wildman–Crippen MR) is 56.0 cm³/mol. The van der Waals surface area contributed by atoms with Crippen LogP contribution in [0.5, 0.6) is 0 Å². The number of hydrogen-bond acceptors (Lipinski definition) is 4. The first kappa shape index (κ1) is 14.8. The summed E-state index contributed by atoms with van der Waals surface area (Å²) in [6.45, 7) is 6.10. The smallest absolute Gasteiger partial charge is 0.0596 e. The van der Waals surface area contributed by atoms with Gasteiger partial charge in [0.25, 0.3) is 0 Å². The van der Waals surface area contributed by atoms with Crippen molar-refractivity contribution in [2.75, 3.05) is 6.61 Å². The van der Waals surface area contributed by atoms with E-state index in [2.05, 4.69) is 10.6 Å². The van der Waals surface area contributed by atoms with Crippen molar-refractivity contribution in [2.24, 2.45) is 5.92 Å². The minimum absolute atomic E-state index is 0.000264. The molecule has 5 heteroatoms. The van der Waals surface area contributed by atoms with Crippen molar-refractivity contribution in [1.29, 1.82) is 0 Å². The molecule has 0 rings (SSSR count). The Morgan fingerprint density at radius 1 is 1.40 bits per heavy atom. The maximum absolute atomic E-state index is 10.2. The highest BCUT2D eigenvalue weighted by Crippen LogP contribution is 2.25. The molecule has 0 heterocycles. The van der Waals surface area contributed by atoms with Gasteiger partial charge in [-0.05, 0) is 39.0 Å². The molecule has 0 aliphatic rings. The molecule has 0 aromatic rings. The van der Waals surface area contributed by atoms with Crippen LogP contribution in [0.3, 0.4) is 0 Å². The minimum atomic E-state index is -4.78. The average molecular weight is 234 g/mol. The Hall–Kier alpha value is -0.150. The van der Waals surface area contributed by atoms with Gasteiger partial charge in [0.1, 0.15) is 0 Å². The SMILES string of the molecule is CC(C)=CCC[C@H](C)CCOP(=O)([O-])[O-]. The molecule has 15 heavy (non-hydrogen) atoms. The van der Waals surface area contributed by atoms with Crippen molar-refractivity contribution in [1.82, 2.24) is 0 Å². The largest absolute Gasteiger partial charge is 0.790 e. The zero-order chi connectivity index (χ0) is 11.9. The first-order chi connectivity index (χ1) is 6.81. The lowest BCUT2D eigenvalue weighted by Gasteiger charge is -2.29. The van der Waals surface area contributed by atoms with Gasteiger partial charge in [0.05, 0.1) is 14.4 Å². The average Bonchev–Trinajstić information content (AvgIpc) is 2.00. The highest BCUT2D eigenvalue weighted by atomic mass is 31.2. The van der Waals surface area contributed by atoms with Crippen LogP contribution in [0.4, 0.5) is 0 Å². The summed E-state index contributed by atoms with van der Waals surface area (Å²) in [5.74, 6) is 0.368. The van der Waals surface area contributed by atoms with Crippen LogP contribution in [0.2, 0.25) is 0 Å². The first-order valence-corrected chi connectivity index (χ1v) is 6.57. The molecule has 0 N–H and O–H groups in total. The van der Waals surface area contributed by atoms with Crippen LogP contribution in [0, 0.1) is 5.92 Å². The molecule has 0 aliphatic carbocycles. The summed E-state index contributed by atoms with van der Waals surface area (Å²) in [5.41, 5.74) is 1.28. The fourth-order valence-corrected chi connectivity index (χ4v) is 1.50. The van der Waals surface area contributed by atoms with E-state index < -0.39 is 7.82 Å². The Kier molecular flexibility index (Phi) is 7.11. The van der Waals surface area contributed by atoms with E-state index in [1.807, 2.05) is 20.8 Å². The third kappa shape index (κ3) is 11.8. The number of phosphoric ester groups is 1. The molecule has 0 aliphatic heterocycles.